The van der Waals surface area contributed by atoms with Crippen molar-refractivity contribution < 1.29 is 24.6 Å². The first kappa shape index (κ1) is 17.6. The fourth-order valence-electron chi connectivity index (χ4n) is 2.07. The monoisotopic (exact) mass is 446 g/mol. The molecule has 1 heterocycles. The number of halogens is 2. The molecule has 1 aromatic rings. The number of carboxylic acid groups (broad SMARTS) is 1. The number of imide groups is 1. The summed E-state index contributed by atoms with van der Waals surface area (Å²) >= 11 is 6.63. The summed E-state index contributed by atoms with van der Waals surface area (Å²) in [5.74, 6) is -1.98. The Kier molecular flexibility index (Phi) is 5.55. The van der Waals surface area contributed by atoms with Crippen LogP contribution in [0.5, 0.6) is 0 Å². The predicted octanol–water partition coefficient (Wildman–Crippen LogP) is 1.50. The van der Waals surface area contributed by atoms with E-state index in [0.717, 1.165) is 11.0 Å². The molecule has 3 N–H and O–H groups in total. The van der Waals surface area contributed by atoms with E-state index in [1.165, 1.54) is 0 Å². The summed E-state index contributed by atoms with van der Waals surface area (Å²) in [5.41, 5.74) is 1.15. The summed E-state index contributed by atoms with van der Waals surface area (Å²) in [7, 11) is 0. The minimum Gasteiger partial charge on any atom is -0.481 e. The van der Waals surface area contributed by atoms with E-state index in [9.17, 15) is 14.4 Å². The molecular formula is C14H12Br2N2O5. The molecule has 0 atom stereocenters. The molecule has 2 amide bonds. The third-order valence-corrected chi connectivity index (χ3v) is 4.30. The number of nitrogens with one attached hydrogen (secondary N) is 1. The Morgan fingerprint density at radius 2 is 1.83 bits per heavy atom. The smallest absolute Gasteiger partial charge is 0.307 e. The van der Waals surface area contributed by atoms with Gasteiger partial charge in [0.05, 0.1) is 25.3 Å². The van der Waals surface area contributed by atoms with Crippen LogP contribution in [0.3, 0.4) is 0 Å². The fraction of sp³-hybridized carbons (Fsp3) is 0.214. The second-order valence-corrected chi connectivity index (χ2v) is 6.42. The van der Waals surface area contributed by atoms with Crippen molar-refractivity contribution in [3.8, 4) is 0 Å². The van der Waals surface area contributed by atoms with Crippen LogP contribution in [0, 0.1) is 0 Å². The highest BCUT2D eigenvalue weighted by atomic mass is 79.9. The highest BCUT2D eigenvalue weighted by Crippen LogP contribution is 2.34. The first-order valence-electron chi connectivity index (χ1n) is 6.48. The van der Waals surface area contributed by atoms with Crippen LogP contribution in [0.15, 0.2) is 32.9 Å². The Hall–Kier alpha value is -1.71. The molecule has 0 aliphatic carbocycles. The van der Waals surface area contributed by atoms with E-state index in [4.69, 9.17) is 10.2 Å². The van der Waals surface area contributed by atoms with Gasteiger partial charge in [0.25, 0.3) is 11.8 Å². The normalized spacial score (nSPS) is 14.2. The zero-order valence-electron chi connectivity index (χ0n) is 11.7. The molecule has 2 rings (SSSR count). The number of carboxylic acids is 1. The number of rotatable bonds is 6. The average Bonchev–Trinajstić information content (AvgIpc) is 2.70. The quantitative estimate of drug-likeness (QED) is 0.570. The number of carbonyl (C=O) groups is 3. The van der Waals surface area contributed by atoms with Crippen molar-refractivity contribution in [2.24, 2.45) is 0 Å². The molecule has 9 heteroatoms. The van der Waals surface area contributed by atoms with Crippen LogP contribution in [-0.4, -0.2) is 46.0 Å². The van der Waals surface area contributed by atoms with Gasteiger partial charge in [-0.2, -0.15) is 0 Å². The van der Waals surface area contributed by atoms with E-state index in [2.05, 4.69) is 37.2 Å². The molecule has 0 aromatic heterocycles. The number of benzene rings is 1. The Labute approximate surface area is 148 Å². The number of aliphatic hydroxyl groups excluding tert-OH is 1. The summed E-state index contributed by atoms with van der Waals surface area (Å²) in [6.07, 6.45) is 1.02. The van der Waals surface area contributed by atoms with Gasteiger partial charge in [-0.05, 0) is 49.6 Å². The molecule has 7 nitrogen and oxygen atoms in total. The van der Waals surface area contributed by atoms with Crippen molar-refractivity contribution in [1.82, 2.24) is 4.90 Å². The Bertz CT molecular complexity index is 694. The molecule has 0 bridgehead atoms. The van der Waals surface area contributed by atoms with E-state index in [1.807, 2.05) is 0 Å². The van der Waals surface area contributed by atoms with Crippen molar-refractivity contribution in [3.63, 3.8) is 0 Å². The minimum atomic E-state index is -0.955. The number of anilines is 1. The Morgan fingerprint density at radius 3 is 2.35 bits per heavy atom. The number of nitrogens with zero attached hydrogens (tertiary/aromatic N) is 1. The van der Waals surface area contributed by atoms with Gasteiger partial charge < -0.3 is 15.5 Å². The van der Waals surface area contributed by atoms with E-state index in [1.54, 1.807) is 12.1 Å². The van der Waals surface area contributed by atoms with Gasteiger partial charge in [-0.25, -0.2) is 0 Å². The Balaban J connectivity index is 2.24. The van der Waals surface area contributed by atoms with Crippen molar-refractivity contribution in [1.29, 1.82) is 0 Å². The fourth-order valence-corrected chi connectivity index (χ4v) is 3.55. The first-order valence-corrected chi connectivity index (χ1v) is 8.07. The number of aliphatic carboxylic acids is 1. The topological polar surface area (TPSA) is 107 Å². The van der Waals surface area contributed by atoms with Gasteiger partial charge in [0, 0.05) is 15.0 Å². The largest absolute Gasteiger partial charge is 0.481 e. The van der Waals surface area contributed by atoms with Crippen molar-refractivity contribution in [2.75, 3.05) is 18.5 Å². The summed E-state index contributed by atoms with van der Waals surface area (Å²) in [6, 6.07) is 3.24. The van der Waals surface area contributed by atoms with Crippen LogP contribution in [0.1, 0.15) is 5.56 Å². The minimum absolute atomic E-state index is 0.0702. The maximum absolute atomic E-state index is 12.1. The van der Waals surface area contributed by atoms with E-state index < -0.39 is 17.8 Å². The predicted molar refractivity (Wildman–Crippen MR) is 88.7 cm³/mol. The highest BCUT2D eigenvalue weighted by molar-refractivity contribution is 9.11. The molecule has 122 valence electrons. The van der Waals surface area contributed by atoms with Crippen LogP contribution in [-0.2, 0) is 20.8 Å². The maximum atomic E-state index is 12.1. The number of carbonyl (C=O) groups excluding carboxylic acids is 2. The molecule has 0 saturated heterocycles. The lowest BCUT2D eigenvalue weighted by atomic mass is 10.1. The van der Waals surface area contributed by atoms with E-state index in [-0.39, 0.29) is 25.3 Å². The van der Waals surface area contributed by atoms with Gasteiger partial charge in [-0.3, -0.25) is 19.3 Å². The number of amides is 2. The van der Waals surface area contributed by atoms with Gasteiger partial charge in [0.2, 0.25) is 0 Å². The van der Waals surface area contributed by atoms with Crippen molar-refractivity contribution >= 4 is 55.3 Å². The zero-order valence-corrected chi connectivity index (χ0v) is 14.8. The molecule has 1 aliphatic rings. The second kappa shape index (κ2) is 7.24. The van der Waals surface area contributed by atoms with Crippen molar-refractivity contribution in [3.05, 3.63) is 38.4 Å². The Morgan fingerprint density at radius 1 is 1.22 bits per heavy atom. The van der Waals surface area contributed by atoms with Gasteiger partial charge >= 0.3 is 5.97 Å². The van der Waals surface area contributed by atoms with Crippen LogP contribution in [0.25, 0.3) is 0 Å². The number of β-amino-alcohol motifs (C(OH)–C–C–N with tert-alkyl or cyclic N) is 1. The number of hydrogen-bond donors (Lipinski definition) is 3. The average molecular weight is 448 g/mol. The summed E-state index contributed by atoms with van der Waals surface area (Å²) in [5, 5.41) is 20.6. The molecule has 0 unspecified atom stereocenters. The molecule has 23 heavy (non-hydrogen) atoms. The molecule has 0 radical (unpaired) electrons. The maximum Gasteiger partial charge on any atom is 0.307 e. The number of aliphatic hydroxyl groups is 1. The second-order valence-electron chi connectivity index (χ2n) is 4.71. The van der Waals surface area contributed by atoms with E-state index >= 15 is 0 Å². The van der Waals surface area contributed by atoms with Gasteiger partial charge in [0.15, 0.2) is 0 Å². The van der Waals surface area contributed by atoms with Gasteiger partial charge in [-0.1, -0.05) is 0 Å². The van der Waals surface area contributed by atoms with Crippen LogP contribution >= 0.6 is 31.9 Å². The molecular weight excluding hydrogens is 436 g/mol. The van der Waals surface area contributed by atoms with E-state index in [0.29, 0.717) is 20.2 Å². The van der Waals surface area contributed by atoms with Crippen LogP contribution in [0.2, 0.25) is 0 Å². The summed E-state index contributed by atoms with van der Waals surface area (Å²) < 4.78 is 1.09. The first-order chi connectivity index (χ1) is 10.8. The highest BCUT2D eigenvalue weighted by Gasteiger charge is 2.31. The van der Waals surface area contributed by atoms with Gasteiger partial charge in [0.1, 0.15) is 5.70 Å². The number of hydrogen-bond acceptors (Lipinski definition) is 5. The molecule has 1 aliphatic heterocycles. The van der Waals surface area contributed by atoms with Gasteiger partial charge in [-0.15, -0.1) is 0 Å². The third kappa shape index (κ3) is 3.98. The van der Waals surface area contributed by atoms with Crippen LogP contribution in [0.4, 0.5) is 5.69 Å². The zero-order chi connectivity index (χ0) is 17.1. The SMILES string of the molecule is O=C(O)Cc1cc(Br)c(NC2=CC(=O)N(CCO)C2=O)c(Br)c1. The van der Waals surface area contributed by atoms with Crippen molar-refractivity contribution in [2.45, 2.75) is 6.42 Å². The molecule has 1 aromatic carbocycles. The standard InChI is InChI=1S/C14H12Br2N2O5/c15-8-3-7(5-12(21)22)4-9(16)13(8)17-10-6-11(20)18(1-2-19)14(10)23/h3-4,6,17,19H,1-2,5H2,(H,21,22). The molecule has 0 saturated carbocycles. The lowest BCUT2D eigenvalue weighted by Crippen LogP contribution is -2.34. The molecule has 0 fully saturated rings. The lowest BCUT2D eigenvalue weighted by molar-refractivity contribution is -0.138. The van der Waals surface area contributed by atoms with Crippen LogP contribution < -0.4 is 5.32 Å². The lowest BCUT2D eigenvalue weighted by Gasteiger charge is -2.15. The molecule has 0 spiro atoms. The summed E-state index contributed by atoms with van der Waals surface area (Å²) in [6.45, 7) is -0.380. The third-order valence-electron chi connectivity index (χ3n) is 3.05. The summed E-state index contributed by atoms with van der Waals surface area (Å²) in [4.78, 5) is 35.5.